The van der Waals surface area contributed by atoms with Crippen LogP contribution in [0.3, 0.4) is 0 Å². The second-order valence-electron chi connectivity index (χ2n) is 8.00. The lowest BCUT2D eigenvalue weighted by atomic mass is 10.1. The molecular weight excluding hydrogens is 404 g/mol. The van der Waals surface area contributed by atoms with Gasteiger partial charge >= 0.3 is 0 Å². The van der Waals surface area contributed by atoms with E-state index in [0.717, 1.165) is 12.8 Å². The minimum Gasteiger partial charge on any atom is -0.392 e. The Kier molecular flexibility index (Phi) is 8.37. The van der Waals surface area contributed by atoms with Crippen molar-refractivity contribution in [3.63, 3.8) is 0 Å². The first-order valence-electron chi connectivity index (χ1n) is 10.1. The minimum atomic E-state index is -0.537. The van der Waals surface area contributed by atoms with E-state index < -0.39 is 18.3 Å². The zero-order valence-electron chi connectivity index (χ0n) is 17.0. The molecule has 3 aliphatic rings. The predicted molar refractivity (Wildman–Crippen MR) is 109 cm³/mol. The normalized spacial score (nSPS) is 50.5. The third-order valence-corrected chi connectivity index (χ3v) is 9.05. The average molecular weight is 439 g/mol. The van der Waals surface area contributed by atoms with Crippen molar-refractivity contribution in [2.75, 3.05) is 7.11 Å². The molecule has 0 aromatic rings. The Labute approximate surface area is 175 Å². The summed E-state index contributed by atoms with van der Waals surface area (Å²) in [5.41, 5.74) is -0.229. The van der Waals surface area contributed by atoms with Gasteiger partial charge in [0.15, 0.2) is 6.29 Å². The summed E-state index contributed by atoms with van der Waals surface area (Å²) in [5.74, 6) is 0. The van der Waals surface area contributed by atoms with Crippen molar-refractivity contribution in [2.24, 2.45) is 0 Å². The van der Waals surface area contributed by atoms with E-state index in [4.69, 9.17) is 18.9 Å². The Balaban J connectivity index is 1.52. The minimum absolute atomic E-state index is 0.0344. The van der Waals surface area contributed by atoms with Crippen LogP contribution in [-0.2, 0) is 18.9 Å². The number of methoxy groups -OCH3 is 1. The van der Waals surface area contributed by atoms with Crippen molar-refractivity contribution in [3.05, 3.63) is 0 Å². The molecule has 3 N–H and O–H groups in total. The maximum atomic E-state index is 10.8. The maximum absolute atomic E-state index is 10.8. The van der Waals surface area contributed by atoms with Crippen LogP contribution in [0.1, 0.15) is 46.5 Å². The summed E-state index contributed by atoms with van der Waals surface area (Å²) in [6.07, 6.45) is 0.103. The van der Waals surface area contributed by atoms with Crippen LogP contribution in [0.15, 0.2) is 0 Å². The summed E-state index contributed by atoms with van der Waals surface area (Å²) in [7, 11) is 1.58. The highest BCUT2D eigenvalue weighted by molar-refractivity contribution is 8.00. The smallest absolute Gasteiger partial charge is 0.160 e. The fourth-order valence-electron chi connectivity index (χ4n) is 4.07. The molecule has 3 unspecified atom stereocenters. The predicted octanol–water partition coefficient (Wildman–Crippen LogP) is 1.71. The molecular formula is C19H34O7S2. The summed E-state index contributed by atoms with van der Waals surface area (Å²) in [6, 6.07) is 0. The van der Waals surface area contributed by atoms with Gasteiger partial charge in [0.25, 0.3) is 0 Å². The summed E-state index contributed by atoms with van der Waals surface area (Å²) >= 11 is 3.15. The van der Waals surface area contributed by atoms with Crippen LogP contribution in [-0.4, -0.2) is 86.7 Å². The van der Waals surface area contributed by atoms with Crippen molar-refractivity contribution >= 4 is 23.5 Å². The molecule has 11 atom stereocenters. The van der Waals surface area contributed by atoms with Crippen LogP contribution in [0.2, 0.25) is 0 Å². The van der Waals surface area contributed by atoms with Gasteiger partial charge in [0.05, 0.1) is 47.1 Å². The second kappa shape index (κ2) is 10.2. The highest BCUT2D eigenvalue weighted by atomic mass is 32.2. The Morgan fingerprint density at radius 1 is 0.714 bits per heavy atom. The Bertz CT molecular complexity index is 475. The monoisotopic (exact) mass is 438 g/mol. The number of hydrogen-bond donors (Lipinski definition) is 3. The van der Waals surface area contributed by atoms with Gasteiger partial charge in [-0.1, -0.05) is 0 Å². The standard InChI is InChI=1S/C19H34O7S2/c1-9-12(20)5-6-16(25-9)27-19-11(3)26-17(8-14(19)22)28-18-10(2)24-15(23-4)7-13(18)21/h9-22H,5-8H2,1-4H3/t9-,10?,11?,12-,13+,14+,15+,16-,17-,18?,19+/m0/s1. The highest BCUT2D eigenvalue weighted by Gasteiger charge is 2.43. The second-order valence-corrected chi connectivity index (χ2v) is 10.7. The van der Waals surface area contributed by atoms with Crippen molar-refractivity contribution in [1.82, 2.24) is 0 Å². The van der Waals surface area contributed by atoms with Crippen molar-refractivity contribution in [1.29, 1.82) is 0 Å². The van der Waals surface area contributed by atoms with Crippen LogP contribution < -0.4 is 0 Å². The molecule has 3 saturated heterocycles. The maximum Gasteiger partial charge on any atom is 0.160 e. The molecule has 0 spiro atoms. The zero-order valence-corrected chi connectivity index (χ0v) is 18.6. The lowest BCUT2D eigenvalue weighted by molar-refractivity contribution is -0.195. The summed E-state index contributed by atoms with van der Waals surface area (Å²) in [6.45, 7) is 5.80. The van der Waals surface area contributed by atoms with E-state index >= 15 is 0 Å². The van der Waals surface area contributed by atoms with Gasteiger partial charge in [0, 0.05) is 20.0 Å². The van der Waals surface area contributed by atoms with Gasteiger partial charge in [-0.2, -0.15) is 0 Å². The molecule has 0 radical (unpaired) electrons. The molecule has 28 heavy (non-hydrogen) atoms. The number of ether oxygens (including phenoxy) is 4. The van der Waals surface area contributed by atoms with E-state index in [1.807, 2.05) is 20.8 Å². The molecule has 0 aliphatic carbocycles. The molecule has 9 heteroatoms. The summed E-state index contributed by atoms with van der Waals surface area (Å²) in [4.78, 5) is 0. The van der Waals surface area contributed by atoms with Crippen molar-refractivity contribution in [3.8, 4) is 0 Å². The molecule has 7 nitrogen and oxygen atoms in total. The number of hydrogen-bond acceptors (Lipinski definition) is 9. The molecule has 3 rings (SSSR count). The zero-order chi connectivity index (χ0) is 20.4. The highest BCUT2D eigenvalue weighted by Crippen LogP contribution is 2.41. The van der Waals surface area contributed by atoms with E-state index in [9.17, 15) is 15.3 Å². The number of rotatable bonds is 5. The Morgan fingerprint density at radius 2 is 1.29 bits per heavy atom. The van der Waals surface area contributed by atoms with E-state index in [-0.39, 0.29) is 46.0 Å². The molecule has 3 fully saturated rings. The first-order chi connectivity index (χ1) is 13.3. The summed E-state index contributed by atoms with van der Waals surface area (Å²) < 4.78 is 23.1. The number of aliphatic hydroxyl groups is 3. The Morgan fingerprint density at radius 3 is 1.86 bits per heavy atom. The molecule has 0 aromatic heterocycles. The molecule has 3 aliphatic heterocycles. The fraction of sp³-hybridized carbons (Fsp3) is 1.00. The van der Waals surface area contributed by atoms with Crippen LogP contribution in [0.25, 0.3) is 0 Å². The van der Waals surface area contributed by atoms with Gasteiger partial charge < -0.3 is 34.3 Å². The first kappa shape index (κ1) is 23.1. The van der Waals surface area contributed by atoms with Crippen molar-refractivity contribution in [2.45, 2.75) is 111 Å². The quantitative estimate of drug-likeness (QED) is 0.593. The van der Waals surface area contributed by atoms with E-state index in [1.54, 1.807) is 30.6 Å². The van der Waals surface area contributed by atoms with Crippen molar-refractivity contribution < 1.29 is 34.3 Å². The molecule has 164 valence electrons. The number of thioether (sulfide) groups is 2. The molecule has 0 saturated carbocycles. The SMILES string of the molecule is CO[C@H]1C[C@@H](O)C(S[C@H]2C[C@@H](O)[C@H](S[C@H]3CC[C@H](O)[C@H](C)O3)C(C)O2)C(C)O1. The first-order valence-corrected chi connectivity index (χ1v) is 12.0. The third kappa shape index (κ3) is 5.56. The van der Waals surface area contributed by atoms with Gasteiger partial charge in [-0.15, -0.1) is 23.5 Å². The third-order valence-electron chi connectivity index (χ3n) is 5.77. The molecule has 3 heterocycles. The van der Waals surface area contributed by atoms with E-state index in [0.29, 0.717) is 12.8 Å². The van der Waals surface area contributed by atoms with Gasteiger partial charge in [-0.3, -0.25) is 0 Å². The van der Waals surface area contributed by atoms with Crippen LogP contribution in [0, 0.1) is 0 Å². The van der Waals surface area contributed by atoms with E-state index in [2.05, 4.69) is 0 Å². The fourth-order valence-corrected chi connectivity index (χ4v) is 6.98. The lowest BCUT2D eigenvalue weighted by Gasteiger charge is -2.43. The largest absolute Gasteiger partial charge is 0.392 e. The van der Waals surface area contributed by atoms with Gasteiger partial charge in [-0.25, -0.2) is 0 Å². The average Bonchev–Trinajstić information content (AvgIpc) is 2.64. The van der Waals surface area contributed by atoms with Gasteiger partial charge in [0.2, 0.25) is 0 Å². The molecule has 0 amide bonds. The molecule has 0 aromatic carbocycles. The van der Waals surface area contributed by atoms with E-state index in [1.165, 1.54) is 0 Å². The van der Waals surface area contributed by atoms with Crippen LogP contribution in [0.5, 0.6) is 0 Å². The number of aliphatic hydroxyl groups excluding tert-OH is 3. The lowest BCUT2D eigenvalue weighted by Crippen LogP contribution is -2.50. The Hall–Kier alpha value is 0.420. The summed E-state index contributed by atoms with van der Waals surface area (Å²) in [5, 5.41) is 30.9. The van der Waals surface area contributed by atoms with Gasteiger partial charge in [0.1, 0.15) is 10.9 Å². The van der Waals surface area contributed by atoms with Gasteiger partial charge in [-0.05, 0) is 33.6 Å². The topological polar surface area (TPSA) is 97.6 Å². The molecule has 0 bridgehead atoms. The van der Waals surface area contributed by atoms with Crippen LogP contribution in [0.4, 0.5) is 0 Å². The van der Waals surface area contributed by atoms with Crippen LogP contribution >= 0.6 is 23.5 Å².